The summed E-state index contributed by atoms with van der Waals surface area (Å²) < 4.78 is 1.05. The molecule has 5 nitrogen and oxygen atoms in total. The minimum absolute atomic E-state index is 0.135. The van der Waals surface area contributed by atoms with Gasteiger partial charge < -0.3 is 5.32 Å². The zero-order chi connectivity index (χ0) is 19.7. The van der Waals surface area contributed by atoms with Crippen LogP contribution >= 0.6 is 23.1 Å². The average Bonchev–Trinajstić information content (AvgIpc) is 3.08. The maximum Gasteiger partial charge on any atom is 0.239 e. The number of nitrogens with zero attached hydrogens (tertiary/aromatic N) is 3. The Labute approximate surface area is 172 Å². The Morgan fingerprint density at radius 3 is 2.93 bits per heavy atom. The van der Waals surface area contributed by atoms with Crippen molar-refractivity contribution in [1.29, 1.82) is 5.26 Å². The lowest BCUT2D eigenvalue weighted by atomic mass is 9.95. The van der Waals surface area contributed by atoms with E-state index in [1.54, 1.807) is 0 Å². The lowest BCUT2D eigenvalue weighted by Gasteiger charge is -2.17. The second-order valence-corrected chi connectivity index (χ2v) is 9.37. The number of carbonyl (C=O) groups excluding carboxylic acids is 1. The summed E-state index contributed by atoms with van der Waals surface area (Å²) in [6.07, 6.45) is 4.20. The molecule has 7 heteroatoms. The Kier molecular flexibility index (Phi) is 5.33. The van der Waals surface area contributed by atoms with Crippen LogP contribution in [0, 0.1) is 18.3 Å². The molecular weight excluding hydrogens is 388 g/mol. The van der Waals surface area contributed by atoms with Gasteiger partial charge in [-0.15, -0.1) is 0 Å². The van der Waals surface area contributed by atoms with E-state index in [0.717, 1.165) is 41.6 Å². The van der Waals surface area contributed by atoms with Crippen LogP contribution in [0.3, 0.4) is 0 Å². The molecule has 0 saturated heterocycles. The molecule has 2 aromatic heterocycles. The molecule has 3 aromatic rings. The van der Waals surface area contributed by atoms with E-state index in [2.05, 4.69) is 22.4 Å². The Hall–Kier alpha value is -2.43. The summed E-state index contributed by atoms with van der Waals surface area (Å²) in [7, 11) is 0. The number of aromatic nitrogens is 2. The van der Waals surface area contributed by atoms with Gasteiger partial charge in [0.2, 0.25) is 5.91 Å². The summed E-state index contributed by atoms with van der Waals surface area (Å²) in [4.78, 5) is 21.9. The molecule has 2 heterocycles. The first kappa shape index (κ1) is 18.9. The number of amides is 1. The van der Waals surface area contributed by atoms with Crippen molar-refractivity contribution in [2.75, 3.05) is 5.32 Å². The van der Waals surface area contributed by atoms with E-state index in [1.807, 2.05) is 32.0 Å². The zero-order valence-corrected chi connectivity index (χ0v) is 17.4. The predicted octanol–water partition coefficient (Wildman–Crippen LogP) is 4.87. The minimum Gasteiger partial charge on any atom is -0.301 e. The summed E-state index contributed by atoms with van der Waals surface area (Å²) in [6.45, 7) is 3.87. The molecule has 0 radical (unpaired) electrons. The van der Waals surface area contributed by atoms with Crippen molar-refractivity contribution in [2.45, 2.75) is 49.8 Å². The third-order valence-corrected chi connectivity index (χ3v) is 6.85. The highest BCUT2D eigenvalue weighted by atomic mass is 32.2. The summed E-state index contributed by atoms with van der Waals surface area (Å²) in [5.74, 6) is -0.135. The molecular formula is C21H20N4OS2. The van der Waals surface area contributed by atoms with Crippen molar-refractivity contribution in [3.05, 3.63) is 46.6 Å². The Bertz CT molecular complexity index is 1100. The molecule has 1 aromatic carbocycles. The van der Waals surface area contributed by atoms with Gasteiger partial charge in [-0.05, 0) is 68.9 Å². The number of aryl methyl sites for hydroxylation is 3. The van der Waals surface area contributed by atoms with Crippen LogP contribution < -0.4 is 5.32 Å². The Morgan fingerprint density at radius 2 is 2.11 bits per heavy atom. The van der Waals surface area contributed by atoms with Gasteiger partial charge in [0.15, 0.2) is 5.13 Å². The molecule has 1 aliphatic carbocycles. The molecule has 142 valence electrons. The second kappa shape index (κ2) is 7.90. The number of hydrogen-bond donors (Lipinski definition) is 1. The number of benzene rings is 1. The van der Waals surface area contributed by atoms with Crippen molar-refractivity contribution in [3.63, 3.8) is 0 Å². The highest BCUT2D eigenvalue weighted by Crippen LogP contribution is 2.31. The van der Waals surface area contributed by atoms with E-state index in [9.17, 15) is 10.1 Å². The van der Waals surface area contributed by atoms with E-state index in [-0.39, 0.29) is 11.2 Å². The van der Waals surface area contributed by atoms with Crippen LogP contribution in [-0.2, 0) is 17.6 Å². The highest BCUT2D eigenvalue weighted by molar-refractivity contribution is 8.00. The SMILES string of the molecule is Cc1ccc2nc(NC(=O)C(C)Sc3nc4c(cc3C#N)CCCC4)sc2c1. The fraction of sp³-hybridized carbons (Fsp3) is 0.333. The van der Waals surface area contributed by atoms with Crippen molar-refractivity contribution in [2.24, 2.45) is 0 Å². The first-order chi connectivity index (χ1) is 13.5. The monoisotopic (exact) mass is 408 g/mol. The second-order valence-electron chi connectivity index (χ2n) is 7.01. The largest absolute Gasteiger partial charge is 0.301 e. The van der Waals surface area contributed by atoms with Gasteiger partial charge in [-0.3, -0.25) is 4.79 Å². The topological polar surface area (TPSA) is 78.7 Å². The minimum atomic E-state index is -0.380. The maximum absolute atomic E-state index is 12.7. The molecule has 1 atom stereocenters. The van der Waals surface area contributed by atoms with Gasteiger partial charge in [-0.1, -0.05) is 29.2 Å². The third kappa shape index (κ3) is 3.89. The Balaban J connectivity index is 1.50. The van der Waals surface area contributed by atoms with E-state index < -0.39 is 0 Å². The van der Waals surface area contributed by atoms with Gasteiger partial charge in [-0.25, -0.2) is 9.97 Å². The normalized spacial score (nSPS) is 14.3. The van der Waals surface area contributed by atoms with Crippen LogP contribution in [0.15, 0.2) is 29.3 Å². The van der Waals surface area contributed by atoms with Crippen LogP contribution in [0.4, 0.5) is 5.13 Å². The molecule has 1 amide bonds. The molecule has 0 bridgehead atoms. The Morgan fingerprint density at radius 1 is 1.29 bits per heavy atom. The number of rotatable bonds is 4. The molecule has 0 fully saturated rings. The van der Waals surface area contributed by atoms with Crippen molar-refractivity contribution in [3.8, 4) is 6.07 Å². The van der Waals surface area contributed by atoms with Crippen LogP contribution in [-0.4, -0.2) is 21.1 Å². The van der Waals surface area contributed by atoms with Crippen LogP contribution in [0.1, 0.15) is 42.1 Å². The number of hydrogen-bond acceptors (Lipinski definition) is 6. The smallest absolute Gasteiger partial charge is 0.239 e. The number of thioether (sulfide) groups is 1. The average molecular weight is 409 g/mol. The summed E-state index contributed by atoms with van der Waals surface area (Å²) in [6, 6.07) is 10.2. The molecule has 4 rings (SSSR count). The number of nitriles is 1. The maximum atomic E-state index is 12.7. The first-order valence-electron chi connectivity index (χ1n) is 9.31. The molecule has 0 saturated carbocycles. The number of carbonyl (C=O) groups is 1. The number of fused-ring (bicyclic) bond motifs is 2. The predicted molar refractivity (Wildman–Crippen MR) is 114 cm³/mol. The molecule has 28 heavy (non-hydrogen) atoms. The quantitative estimate of drug-likeness (QED) is 0.623. The first-order valence-corrected chi connectivity index (χ1v) is 11.0. The standard InChI is InChI=1S/C21H20N4OS2/c1-12-7-8-17-18(9-12)28-21(24-17)25-19(26)13(2)27-20-15(11-22)10-14-5-3-4-6-16(14)23-20/h7-10,13H,3-6H2,1-2H3,(H,24,25,26). The number of thiazole rings is 1. The number of pyridine rings is 1. The molecule has 1 N–H and O–H groups in total. The van der Waals surface area contributed by atoms with Gasteiger partial charge in [0.1, 0.15) is 11.1 Å². The van der Waals surface area contributed by atoms with Gasteiger partial charge in [-0.2, -0.15) is 5.26 Å². The van der Waals surface area contributed by atoms with Gasteiger partial charge in [0.05, 0.1) is 21.0 Å². The zero-order valence-electron chi connectivity index (χ0n) is 15.8. The summed E-state index contributed by atoms with van der Waals surface area (Å²) >= 11 is 2.80. The van der Waals surface area contributed by atoms with Gasteiger partial charge in [0, 0.05) is 5.69 Å². The van der Waals surface area contributed by atoms with Crippen LogP contribution in [0.5, 0.6) is 0 Å². The summed E-state index contributed by atoms with van der Waals surface area (Å²) in [5, 5.41) is 13.3. The van der Waals surface area contributed by atoms with E-state index >= 15 is 0 Å². The summed E-state index contributed by atoms with van der Waals surface area (Å²) in [5.41, 5.74) is 4.85. The van der Waals surface area contributed by atoms with Crippen LogP contribution in [0.2, 0.25) is 0 Å². The lowest BCUT2D eigenvalue weighted by Crippen LogP contribution is -2.22. The fourth-order valence-electron chi connectivity index (χ4n) is 3.30. The number of nitrogens with one attached hydrogen (secondary N) is 1. The third-order valence-electron chi connectivity index (χ3n) is 4.82. The van der Waals surface area contributed by atoms with Crippen molar-refractivity contribution < 1.29 is 4.79 Å². The van der Waals surface area contributed by atoms with Crippen molar-refractivity contribution >= 4 is 44.4 Å². The molecule has 0 aliphatic heterocycles. The van der Waals surface area contributed by atoms with E-state index in [4.69, 9.17) is 4.98 Å². The van der Waals surface area contributed by atoms with E-state index in [1.165, 1.54) is 34.2 Å². The highest BCUT2D eigenvalue weighted by Gasteiger charge is 2.21. The molecule has 1 aliphatic rings. The number of anilines is 1. The van der Waals surface area contributed by atoms with E-state index in [0.29, 0.717) is 15.7 Å². The van der Waals surface area contributed by atoms with Crippen molar-refractivity contribution in [1.82, 2.24) is 9.97 Å². The molecule has 0 spiro atoms. The van der Waals surface area contributed by atoms with Gasteiger partial charge in [0.25, 0.3) is 0 Å². The van der Waals surface area contributed by atoms with Gasteiger partial charge >= 0.3 is 0 Å². The molecule has 1 unspecified atom stereocenters. The fourth-order valence-corrected chi connectivity index (χ4v) is 5.16. The van der Waals surface area contributed by atoms with Crippen LogP contribution in [0.25, 0.3) is 10.2 Å². The lowest BCUT2D eigenvalue weighted by molar-refractivity contribution is -0.115.